The minimum atomic E-state index is -0.138. The van der Waals surface area contributed by atoms with Gasteiger partial charge in [-0.25, -0.2) is 9.97 Å². The molecular formula is C26H26N4O. The van der Waals surface area contributed by atoms with Gasteiger partial charge in [0.05, 0.1) is 11.2 Å². The number of nitrogens with one attached hydrogen (secondary N) is 2. The van der Waals surface area contributed by atoms with Gasteiger partial charge in [-0.3, -0.25) is 4.79 Å². The third kappa shape index (κ3) is 4.72. The predicted octanol–water partition coefficient (Wildman–Crippen LogP) is 6.37. The molecule has 1 heterocycles. The van der Waals surface area contributed by atoms with Crippen LogP contribution in [-0.2, 0) is 0 Å². The molecule has 0 atom stereocenters. The van der Waals surface area contributed by atoms with Gasteiger partial charge in [-0.05, 0) is 73.4 Å². The molecule has 0 saturated carbocycles. The van der Waals surface area contributed by atoms with E-state index >= 15 is 0 Å². The summed E-state index contributed by atoms with van der Waals surface area (Å²) in [5.74, 6) is 0.695. The fourth-order valence-electron chi connectivity index (χ4n) is 3.68. The van der Waals surface area contributed by atoms with E-state index in [1.54, 1.807) is 12.1 Å². The van der Waals surface area contributed by atoms with Crippen LogP contribution in [0, 0.1) is 13.8 Å². The lowest BCUT2D eigenvalue weighted by molar-refractivity contribution is 0.102. The van der Waals surface area contributed by atoms with Crippen LogP contribution in [0.2, 0.25) is 0 Å². The first-order valence-corrected chi connectivity index (χ1v) is 10.4. The summed E-state index contributed by atoms with van der Waals surface area (Å²) in [6.07, 6.45) is 0. The summed E-state index contributed by atoms with van der Waals surface area (Å²) in [4.78, 5) is 22.0. The fourth-order valence-corrected chi connectivity index (χ4v) is 3.68. The molecule has 0 aliphatic carbocycles. The van der Waals surface area contributed by atoms with Crippen LogP contribution in [0.15, 0.2) is 66.7 Å². The molecule has 4 rings (SSSR count). The summed E-state index contributed by atoms with van der Waals surface area (Å²) in [5.41, 5.74) is 6.37. The number of anilines is 3. The van der Waals surface area contributed by atoms with E-state index in [0.29, 0.717) is 11.5 Å². The molecule has 5 nitrogen and oxygen atoms in total. The molecule has 3 aromatic carbocycles. The van der Waals surface area contributed by atoms with Gasteiger partial charge < -0.3 is 10.6 Å². The molecule has 2 N–H and O–H groups in total. The number of para-hydroxylation sites is 1. The van der Waals surface area contributed by atoms with Crippen LogP contribution in [0.1, 0.15) is 46.9 Å². The molecule has 31 heavy (non-hydrogen) atoms. The van der Waals surface area contributed by atoms with E-state index < -0.39 is 0 Å². The average molecular weight is 411 g/mol. The monoisotopic (exact) mass is 410 g/mol. The zero-order valence-electron chi connectivity index (χ0n) is 18.2. The largest absolute Gasteiger partial charge is 0.324 e. The Morgan fingerprint density at radius 1 is 0.839 bits per heavy atom. The summed E-state index contributed by atoms with van der Waals surface area (Å²) in [7, 11) is 0. The zero-order chi connectivity index (χ0) is 22.0. The van der Waals surface area contributed by atoms with Crippen molar-refractivity contribution in [1.29, 1.82) is 0 Å². The van der Waals surface area contributed by atoms with E-state index in [1.807, 2.05) is 56.3 Å². The van der Waals surface area contributed by atoms with Gasteiger partial charge >= 0.3 is 0 Å². The van der Waals surface area contributed by atoms with Gasteiger partial charge in [0.2, 0.25) is 5.95 Å². The third-order valence-electron chi connectivity index (χ3n) is 5.06. The Morgan fingerprint density at radius 3 is 2.19 bits per heavy atom. The highest BCUT2D eigenvalue weighted by molar-refractivity contribution is 6.04. The molecule has 5 heteroatoms. The normalized spacial score (nSPS) is 11.0. The summed E-state index contributed by atoms with van der Waals surface area (Å²) in [6.45, 7) is 8.29. The highest BCUT2D eigenvalue weighted by Crippen LogP contribution is 2.25. The number of rotatable bonds is 5. The molecule has 0 radical (unpaired) electrons. The molecule has 0 unspecified atom stereocenters. The SMILES string of the molecule is Cc1cc(C)cc(NC(=O)c2ccc(Nc3nc(C(C)C)c4ccccc4n3)cc2)c1. The number of hydrogen-bond acceptors (Lipinski definition) is 4. The first kappa shape index (κ1) is 20.5. The molecule has 0 aliphatic heterocycles. The summed E-state index contributed by atoms with van der Waals surface area (Å²) >= 11 is 0. The number of benzene rings is 3. The number of hydrogen-bond donors (Lipinski definition) is 2. The van der Waals surface area contributed by atoms with E-state index in [1.165, 1.54) is 0 Å². The molecule has 1 aromatic heterocycles. The number of amides is 1. The van der Waals surface area contributed by atoms with Gasteiger partial charge in [0.1, 0.15) is 0 Å². The second kappa shape index (κ2) is 8.56. The van der Waals surface area contributed by atoms with Gasteiger partial charge in [-0.15, -0.1) is 0 Å². The van der Waals surface area contributed by atoms with E-state index in [4.69, 9.17) is 4.98 Å². The van der Waals surface area contributed by atoms with Gasteiger partial charge in [0.25, 0.3) is 5.91 Å². The number of carbonyl (C=O) groups excluding carboxylic acids is 1. The topological polar surface area (TPSA) is 66.9 Å². The summed E-state index contributed by atoms with van der Waals surface area (Å²) in [5, 5.41) is 7.30. The fraction of sp³-hybridized carbons (Fsp3) is 0.192. The molecule has 0 spiro atoms. The van der Waals surface area contributed by atoms with Crippen LogP contribution < -0.4 is 10.6 Å². The van der Waals surface area contributed by atoms with Crippen molar-refractivity contribution in [3.05, 3.63) is 89.1 Å². The van der Waals surface area contributed by atoms with Crippen molar-refractivity contribution in [1.82, 2.24) is 9.97 Å². The lowest BCUT2D eigenvalue weighted by Gasteiger charge is -2.12. The van der Waals surface area contributed by atoms with Crippen molar-refractivity contribution in [2.45, 2.75) is 33.6 Å². The van der Waals surface area contributed by atoms with Crippen LogP contribution in [0.3, 0.4) is 0 Å². The van der Waals surface area contributed by atoms with Gasteiger partial charge in [0.15, 0.2) is 0 Å². The predicted molar refractivity (Wildman–Crippen MR) is 127 cm³/mol. The van der Waals surface area contributed by atoms with Gasteiger partial charge in [-0.2, -0.15) is 0 Å². The van der Waals surface area contributed by atoms with Crippen molar-refractivity contribution in [2.75, 3.05) is 10.6 Å². The van der Waals surface area contributed by atoms with Crippen molar-refractivity contribution in [2.24, 2.45) is 0 Å². The van der Waals surface area contributed by atoms with Crippen molar-refractivity contribution >= 4 is 34.1 Å². The maximum atomic E-state index is 12.6. The van der Waals surface area contributed by atoms with Crippen LogP contribution >= 0.6 is 0 Å². The number of carbonyl (C=O) groups is 1. The maximum Gasteiger partial charge on any atom is 0.255 e. The number of aromatic nitrogens is 2. The Bertz CT molecular complexity index is 1230. The minimum Gasteiger partial charge on any atom is -0.324 e. The molecule has 156 valence electrons. The molecule has 0 aliphatic rings. The first-order valence-electron chi connectivity index (χ1n) is 10.4. The Kier molecular flexibility index (Phi) is 5.67. The Balaban J connectivity index is 1.53. The van der Waals surface area contributed by atoms with Crippen LogP contribution in [-0.4, -0.2) is 15.9 Å². The number of nitrogens with zero attached hydrogens (tertiary/aromatic N) is 2. The number of aryl methyl sites for hydroxylation is 2. The molecule has 1 amide bonds. The van der Waals surface area contributed by atoms with E-state index in [-0.39, 0.29) is 11.8 Å². The van der Waals surface area contributed by atoms with E-state index in [9.17, 15) is 4.79 Å². The van der Waals surface area contributed by atoms with Crippen LogP contribution in [0.25, 0.3) is 10.9 Å². The second-order valence-electron chi connectivity index (χ2n) is 8.14. The Labute approximate surface area is 182 Å². The quantitative estimate of drug-likeness (QED) is 0.401. The average Bonchev–Trinajstić information content (AvgIpc) is 2.73. The Morgan fingerprint density at radius 2 is 1.52 bits per heavy atom. The standard InChI is InChI=1S/C26H26N4O/c1-16(2)24-22-7-5-6-8-23(22)29-26(30-24)28-20-11-9-19(10-12-20)25(31)27-21-14-17(3)13-18(4)15-21/h5-16H,1-4H3,(H,27,31)(H,28,29,30). The van der Waals surface area contributed by atoms with Crippen molar-refractivity contribution in [3.8, 4) is 0 Å². The molecule has 0 saturated heterocycles. The minimum absolute atomic E-state index is 0.138. The lowest BCUT2D eigenvalue weighted by atomic mass is 10.0. The number of fused-ring (bicyclic) bond motifs is 1. The van der Waals surface area contributed by atoms with Crippen molar-refractivity contribution < 1.29 is 4.79 Å². The Hall–Kier alpha value is -3.73. The van der Waals surface area contributed by atoms with Crippen molar-refractivity contribution in [3.63, 3.8) is 0 Å². The molecule has 0 bridgehead atoms. The van der Waals surface area contributed by atoms with Gasteiger partial charge in [-0.1, -0.05) is 38.1 Å². The zero-order valence-corrected chi connectivity index (χ0v) is 18.2. The third-order valence-corrected chi connectivity index (χ3v) is 5.06. The summed E-state index contributed by atoms with van der Waals surface area (Å²) < 4.78 is 0. The second-order valence-corrected chi connectivity index (χ2v) is 8.14. The maximum absolute atomic E-state index is 12.6. The van der Waals surface area contributed by atoms with E-state index in [0.717, 1.165) is 39.1 Å². The molecule has 4 aromatic rings. The highest BCUT2D eigenvalue weighted by Gasteiger charge is 2.11. The van der Waals surface area contributed by atoms with E-state index in [2.05, 4.69) is 41.6 Å². The van der Waals surface area contributed by atoms with Crippen LogP contribution in [0.4, 0.5) is 17.3 Å². The smallest absolute Gasteiger partial charge is 0.255 e. The molecular weight excluding hydrogens is 384 g/mol. The first-order chi connectivity index (χ1) is 14.9. The van der Waals surface area contributed by atoms with Crippen LogP contribution in [0.5, 0.6) is 0 Å². The molecule has 0 fully saturated rings. The van der Waals surface area contributed by atoms with Gasteiger partial charge in [0, 0.05) is 22.3 Å². The highest BCUT2D eigenvalue weighted by atomic mass is 16.1. The lowest BCUT2D eigenvalue weighted by Crippen LogP contribution is -2.12. The summed E-state index contributed by atoms with van der Waals surface area (Å²) in [6, 6.07) is 21.4.